The summed E-state index contributed by atoms with van der Waals surface area (Å²) in [7, 11) is 0. The summed E-state index contributed by atoms with van der Waals surface area (Å²) in [6.45, 7) is -1.37. The number of carbonyl (C=O) groups excluding carboxylic acids is 1. The van der Waals surface area contributed by atoms with Crippen molar-refractivity contribution in [3.8, 4) is 0 Å². The Hall–Kier alpha value is -1.77. The molecule has 0 atom stereocenters. The van der Waals surface area contributed by atoms with Crippen molar-refractivity contribution in [1.29, 1.82) is 0 Å². The number of hydrogen-bond donors (Lipinski definition) is 1. The number of amides is 1. The van der Waals surface area contributed by atoms with Gasteiger partial charge in [-0.05, 0) is 12.1 Å². The molecule has 0 spiro atoms. The quantitative estimate of drug-likeness (QED) is 0.514. The van der Waals surface area contributed by atoms with Crippen LogP contribution in [0.25, 0.3) is 0 Å². The minimum absolute atomic E-state index is 0.0918. The average Bonchev–Trinajstić information content (AvgIpc) is 2.33. The Bertz CT molecular complexity index is 462. The van der Waals surface area contributed by atoms with E-state index >= 15 is 0 Å². The third kappa shape index (κ3) is 6.09. The van der Waals surface area contributed by atoms with Gasteiger partial charge in [0, 0.05) is 17.0 Å². The first-order valence-electron chi connectivity index (χ1n) is 4.98. The number of benzene rings is 1. The van der Waals surface area contributed by atoms with E-state index in [1.807, 2.05) is 0 Å². The first-order chi connectivity index (χ1) is 8.78. The van der Waals surface area contributed by atoms with Crippen molar-refractivity contribution in [2.75, 3.05) is 12.3 Å². The van der Waals surface area contributed by atoms with Crippen LogP contribution in [-0.4, -0.2) is 29.3 Å². The van der Waals surface area contributed by atoms with Crippen molar-refractivity contribution in [2.45, 2.75) is 11.1 Å². The molecule has 0 aliphatic carbocycles. The maximum absolute atomic E-state index is 11.8. The molecule has 0 saturated heterocycles. The van der Waals surface area contributed by atoms with Gasteiger partial charge >= 0.3 is 6.18 Å². The van der Waals surface area contributed by atoms with Gasteiger partial charge in [0.2, 0.25) is 5.91 Å². The fourth-order valence-electron chi connectivity index (χ4n) is 1.06. The van der Waals surface area contributed by atoms with Gasteiger partial charge in [-0.15, -0.1) is 11.8 Å². The molecule has 104 valence electrons. The lowest BCUT2D eigenvalue weighted by Gasteiger charge is -2.07. The fraction of sp³-hybridized carbons (Fsp3) is 0.300. The third-order valence-corrected chi connectivity index (χ3v) is 2.92. The van der Waals surface area contributed by atoms with E-state index in [1.165, 1.54) is 24.3 Å². The van der Waals surface area contributed by atoms with Gasteiger partial charge in [0.1, 0.15) is 6.54 Å². The zero-order valence-corrected chi connectivity index (χ0v) is 10.3. The number of rotatable bonds is 5. The number of nitrogens with one attached hydrogen (secondary N) is 1. The molecule has 1 amide bonds. The second-order valence-corrected chi connectivity index (χ2v) is 4.48. The molecule has 0 aliphatic rings. The van der Waals surface area contributed by atoms with Crippen LogP contribution < -0.4 is 5.32 Å². The number of carbonyl (C=O) groups is 1. The van der Waals surface area contributed by atoms with Gasteiger partial charge in [0.25, 0.3) is 5.69 Å². The number of nitro groups is 1. The summed E-state index contributed by atoms with van der Waals surface area (Å²) in [5, 5.41) is 12.1. The molecule has 0 heterocycles. The number of nitrogens with zero attached hydrogens (tertiary/aromatic N) is 1. The van der Waals surface area contributed by atoms with Crippen LogP contribution in [0, 0.1) is 10.1 Å². The molecule has 0 unspecified atom stereocenters. The topological polar surface area (TPSA) is 72.2 Å². The summed E-state index contributed by atoms with van der Waals surface area (Å²) >= 11 is 0.998. The first-order valence-corrected chi connectivity index (χ1v) is 5.97. The van der Waals surface area contributed by atoms with Gasteiger partial charge in [0.05, 0.1) is 10.7 Å². The number of halogens is 3. The highest BCUT2D eigenvalue weighted by molar-refractivity contribution is 8.00. The van der Waals surface area contributed by atoms with Crippen molar-refractivity contribution in [3.63, 3.8) is 0 Å². The van der Waals surface area contributed by atoms with Crippen LogP contribution in [0.5, 0.6) is 0 Å². The molecule has 19 heavy (non-hydrogen) atoms. The second-order valence-electron chi connectivity index (χ2n) is 3.43. The van der Waals surface area contributed by atoms with E-state index in [0.717, 1.165) is 11.8 Å². The molecule has 0 aromatic heterocycles. The third-order valence-electron chi connectivity index (χ3n) is 1.90. The maximum atomic E-state index is 11.8. The highest BCUT2D eigenvalue weighted by Gasteiger charge is 2.27. The molecule has 0 aliphatic heterocycles. The molecular formula is C10H9F3N2O3S. The number of non-ortho nitro benzene ring substituents is 1. The lowest BCUT2D eigenvalue weighted by Crippen LogP contribution is -2.34. The maximum Gasteiger partial charge on any atom is 0.405 e. The lowest BCUT2D eigenvalue weighted by atomic mass is 10.3. The Morgan fingerprint density at radius 2 is 1.89 bits per heavy atom. The highest BCUT2D eigenvalue weighted by atomic mass is 32.2. The SMILES string of the molecule is O=C(CSc1ccc([N+](=O)[O-])cc1)NCC(F)(F)F. The molecule has 1 aromatic rings. The zero-order valence-electron chi connectivity index (χ0n) is 9.44. The van der Waals surface area contributed by atoms with E-state index in [2.05, 4.69) is 0 Å². The molecular weight excluding hydrogens is 285 g/mol. The van der Waals surface area contributed by atoms with E-state index in [1.54, 1.807) is 5.32 Å². The molecule has 9 heteroatoms. The summed E-state index contributed by atoms with van der Waals surface area (Å²) < 4.78 is 35.4. The monoisotopic (exact) mass is 294 g/mol. The summed E-state index contributed by atoms with van der Waals surface area (Å²) in [6, 6.07) is 5.38. The average molecular weight is 294 g/mol. The summed E-state index contributed by atoms with van der Waals surface area (Å²) in [5.41, 5.74) is -0.0918. The van der Waals surface area contributed by atoms with Crippen LogP contribution in [0.4, 0.5) is 18.9 Å². The van der Waals surface area contributed by atoms with E-state index in [9.17, 15) is 28.1 Å². The standard InChI is InChI=1S/C10H9F3N2O3S/c11-10(12,13)6-14-9(16)5-19-8-3-1-7(2-4-8)15(17)18/h1-4H,5-6H2,(H,14,16). The van der Waals surface area contributed by atoms with Crippen molar-refractivity contribution in [3.05, 3.63) is 34.4 Å². The second kappa shape index (κ2) is 6.41. The molecule has 1 N–H and O–H groups in total. The lowest BCUT2D eigenvalue weighted by molar-refractivity contribution is -0.384. The van der Waals surface area contributed by atoms with Crippen LogP contribution in [0.15, 0.2) is 29.2 Å². The van der Waals surface area contributed by atoms with Gasteiger partial charge in [-0.1, -0.05) is 0 Å². The van der Waals surface area contributed by atoms with Crippen molar-refractivity contribution in [1.82, 2.24) is 5.32 Å². The largest absolute Gasteiger partial charge is 0.405 e. The van der Waals surface area contributed by atoms with Crippen LogP contribution in [0.3, 0.4) is 0 Å². The van der Waals surface area contributed by atoms with Gasteiger partial charge in [-0.25, -0.2) is 0 Å². The van der Waals surface area contributed by atoms with Crippen molar-refractivity contribution < 1.29 is 22.9 Å². The number of hydrogen-bond acceptors (Lipinski definition) is 4. The zero-order chi connectivity index (χ0) is 14.5. The Balaban J connectivity index is 2.40. The molecule has 0 saturated carbocycles. The first kappa shape index (κ1) is 15.3. The molecule has 0 bridgehead atoms. The minimum Gasteiger partial charge on any atom is -0.346 e. The van der Waals surface area contributed by atoms with Crippen LogP contribution >= 0.6 is 11.8 Å². The Labute approximate surface area is 110 Å². The molecule has 0 radical (unpaired) electrons. The number of thioether (sulfide) groups is 1. The van der Waals surface area contributed by atoms with Crippen molar-refractivity contribution >= 4 is 23.4 Å². The highest BCUT2D eigenvalue weighted by Crippen LogP contribution is 2.21. The molecule has 1 aromatic carbocycles. The Morgan fingerprint density at radius 1 is 1.32 bits per heavy atom. The van der Waals surface area contributed by atoms with Gasteiger partial charge in [-0.3, -0.25) is 14.9 Å². The van der Waals surface area contributed by atoms with E-state index in [-0.39, 0.29) is 11.4 Å². The van der Waals surface area contributed by atoms with Crippen LogP contribution in [0.2, 0.25) is 0 Å². The van der Waals surface area contributed by atoms with E-state index in [0.29, 0.717) is 4.90 Å². The molecule has 0 fully saturated rings. The number of alkyl halides is 3. The predicted octanol–water partition coefficient (Wildman–Crippen LogP) is 2.37. The minimum atomic E-state index is -4.44. The van der Waals surface area contributed by atoms with Gasteiger partial charge < -0.3 is 5.32 Å². The van der Waals surface area contributed by atoms with Crippen LogP contribution in [-0.2, 0) is 4.79 Å². The smallest absolute Gasteiger partial charge is 0.346 e. The Kier molecular flexibility index (Phi) is 5.16. The summed E-state index contributed by atoms with van der Waals surface area (Å²) in [6.07, 6.45) is -4.44. The van der Waals surface area contributed by atoms with Crippen molar-refractivity contribution in [2.24, 2.45) is 0 Å². The summed E-state index contributed by atoms with van der Waals surface area (Å²) in [5.74, 6) is -0.936. The van der Waals surface area contributed by atoms with Crippen LogP contribution in [0.1, 0.15) is 0 Å². The normalized spacial score (nSPS) is 11.1. The van der Waals surface area contributed by atoms with E-state index in [4.69, 9.17) is 0 Å². The van der Waals surface area contributed by atoms with E-state index < -0.39 is 23.6 Å². The molecule has 1 rings (SSSR count). The van der Waals surface area contributed by atoms with Gasteiger partial charge in [0.15, 0.2) is 0 Å². The number of nitro benzene ring substituents is 1. The predicted molar refractivity (Wildman–Crippen MR) is 62.9 cm³/mol. The summed E-state index contributed by atoms with van der Waals surface area (Å²) in [4.78, 5) is 21.5. The molecule has 5 nitrogen and oxygen atoms in total. The fourth-order valence-corrected chi connectivity index (χ4v) is 1.79. The Morgan fingerprint density at radius 3 is 2.37 bits per heavy atom. The van der Waals surface area contributed by atoms with Gasteiger partial charge in [-0.2, -0.15) is 13.2 Å².